The lowest BCUT2D eigenvalue weighted by Gasteiger charge is -2.25. The van der Waals surface area contributed by atoms with Crippen LogP contribution in [0.3, 0.4) is 0 Å². The summed E-state index contributed by atoms with van der Waals surface area (Å²) >= 11 is 0. The number of aliphatic hydroxyl groups is 4. The van der Waals surface area contributed by atoms with Crippen LogP contribution in [0.2, 0.25) is 0 Å². The zero-order valence-corrected chi connectivity index (χ0v) is 45.6. The number of fused-ring (bicyclic) bond motifs is 1. The molecule has 0 radical (unpaired) electrons. The highest BCUT2D eigenvalue weighted by Gasteiger charge is 2.48. The summed E-state index contributed by atoms with van der Waals surface area (Å²) in [5.41, 5.74) is 3.44. The molecule has 5 rings (SSSR count). The van der Waals surface area contributed by atoms with Gasteiger partial charge in [0.05, 0.1) is 19.5 Å². The van der Waals surface area contributed by atoms with Gasteiger partial charge in [0.15, 0.2) is 24.4 Å². The standard InChI is InChI=1S/C38H56N14O27P2S2/c39-36-46-28-23(31(65)47-36)42-11-51(28)32-26(61)24(59)17(78-32)7-76-80(72,73)49-13(34(66)67)1-3-19(53)44-15(29(63)40-5-21(55)56)9-82-83-10-16(30(64)41-6-22(57)58)45-20(54)4-2-14(35(68)69)50-81(74,75)77-8-18-25(60)27(62)33(79-18)52-12-43-37(70)48-38(52)71/h11-18,24-27,32-33,36,46,59-62H,1-10,39H2,(H,40,63)(H,41,64)(H,44,53)(H,45,54)(H,47,65)(H,55,56)(H,57,58)(H,66,67)(H,68,69)(H,48,70,71)(H2,49,72,73)(H2,50,74,75)/t13?,14?,15?,16?,17?,18-,24-,25-,26-,27-,32-,33-,36?/m0/s1. The number of nitrogens with one attached hydrogen (secondary N) is 9. The number of nitrogens with two attached hydrogens (primary N) is 1. The maximum Gasteiger partial charge on any atom is 0.403 e. The lowest BCUT2D eigenvalue weighted by Crippen LogP contribution is -2.51. The largest absolute Gasteiger partial charge is 0.480 e. The van der Waals surface area contributed by atoms with Gasteiger partial charge in [-0.25, -0.2) is 33.9 Å². The molecule has 5 amide bonds. The number of aromatic amines is 1. The fourth-order valence-electron chi connectivity index (χ4n) is 7.54. The van der Waals surface area contributed by atoms with Crippen molar-refractivity contribution in [1.82, 2.24) is 60.8 Å². The molecule has 0 spiro atoms. The molecule has 5 heterocycles. The molecule has 15 atom stereocenters. The van der Waals surface area contributed by atoms with E-state index in [2.05, 4.69) is 31.2 Å². The van der Waals surface area contributed by atoms with E-state index in [0.717, 1.165) is 10.9 Å². The number of carboxylic acid groups (broad SMARTS) is 4. The van der Waals surface area contributed by atoms with E-state index in [4.69, 9.17) is 34.5 Å². The molecule has 83 heavy (non-hydrogen) atoms. The van der Waals surface area contributed by atoms with Crippen molar-refractivity contribution in [3.63, 3.8) is 0 Å². The summed E-state index contributed by atoms with van der Waals surface area (Å²) in [7, 11) is -8.90. The number of rotatable bonds is 33. The Morgan fingerprint density at radius 1 is 0.663 bits per heavy atom. The highest BCUT2D eigenvalue weighted by Crippen LogP contribution is 2.42. The SMILES string of the molecule is NC1NC(=O)c2ncn([C@H]3OC(COP(=O)(O)NC(CCC(=O)NC(CSSCC(NC(=O)CCC(NP(=O)(O)OC[C@@H]4O[C@H](n5cnc(=O)[nH]c5=O)[C@@H](O)[C@H]4O)C(=O)O)C(=O)NCC(=O)O)C(=O)NCC(=O)O)C(=O)O)[C@H](O)[C@@H]3O)c2N1. The predicted octanol–water partition coefficient (Wildman–Crippen LogP) is -8.90. The number of ether oxygens (including phenoxy) is 2. The highest BCUT2D eigenvalue weighted by molar-refractivity contribution is 8.76. The fraction of sp³-hybridized carbons (Fsp3) is 0.605. The van der Waals surface area contributed by atoms with Gasteiger partial charge in [-0.15, -0.1) is 0 Å². The molecule has 0 bridgehead atoms. The van der Waals surface area contributed by atoms with Crippen LogP contribution in [-0.4, -0.2) is 233 Å². The van der Waals surface area contributed by atoms with Crippen molar-refractivity contribution in [2.45, 2.75) is 105 Å². The first kappa shape index (κ1) is 67.3. The molecule has 45 heteroatoms. The van der Waals surface area contributed by atoms with E-state index >= 15 is 0 Å². The number of H-pyrrole nitrogens is 1. The molecular weight excluding hydrogens is 1210 g/mol. The quantitative estimate of drug-likeness (QED) is 0.0179. The van der Waals surface area contributed by atoms with Crippen LogP contribution in [0, 0.1) is 0 Å². The number of hydrogen-bond acceptors (Lipinski definition) is 27. The number of aromatic nitrogens is 5. The van der Waals surface area contributed by atoms with Crippen molar-refractivity contribution in [3.8, 4) is 0 Å². The summed E-state index contributed by atoms with van der Waals surface area (Å²) in [5.74, 6) is -12.6. The van der Waals surface area contributed by atoms with Gasteiger partial charge in [-0.2, -0.15) is 4.98 Å². The molecule has 2 aromatic heterocycles. The van der Waals surface area contributed by atoms with Crippen molar-refractivity contribution in [1.29, 1.82) is 0 Å². The summed E-state index contributed by atoms with van der Waals surface area (Å²) in [6.45, 7) is -3.85. The molecule has 0 aliphatic carbocycles. The first-order valence-corrected chi connectivity index (χ1v) is 29.4. The Morgan fingerprint density at radius 2 is 1.10 bits per heavy atom. The number of aliphatic carboxylic acids is 4. The van der Waals surface area contributed by atoms with E-state index in [9.17, 15) is 102 Å². The molecule has 2 aromatic rings. The maximum absolute atomic E-state index is 13.1. The van der Waals surface area contributed by atoms with E-state index in [1.165, 1.54) is 0 Å². The first-order chi connectivity index (χ1) is 38.9. The topological polar surface area (TPSA) is 635 Å². The Kier molecular flexibility index (Phi) is 24.2. The van der Waals surface area contributed by atoms with Gasteiger partial charge >= 0.3 is 50.7 Å². The molecule has 2 saturated heterocycles. The molecule has 2 fully saturated rings. The molecule has 0 saturated carbocycles. The minimum Gasteiger partial charge on any atom is -0.480 e. The lowest BCUT2D eigenvalue weighted by atomic mass is 10.1. The number of aliphatic hydroxyl groups excluding tert-OH is 4. The van der Waals surface area contributed by atoms with E-state index < -0.39 is 223 Å². The van der Waals surface area contributed by atoms with Crippen LogP contribution < -0.4 is 59.2 Å². The van der Waals surface area contributed by atoms with Crippen molar-refractivity contribution >= 4 is 96.3 Å². The third-order valence-corrected chi connectivity index (χ3v) is 16.3. The number of nitrogens with zero attached hydrogens (tertiary/aromatic N) is 4. The summed E-state index contributed by atoms with van der Waals surface area (Å²) in [5, 5.41) is 97.1. The molecule has 41 nitrogen and oxygen atoms in total. The molecule has 0 aromatic carbocycles. The number of anilines is 1. The monoisotopic (exact) mass is 1270 g/mol. The second-order valence-electron chi connectivity index (χ2n) is 17.7. The minimum absolute atomic E-state index is 0.00164. The Morgan fingerprint density at radius 3 is 1.52 bits per heavy atom. The fourth-order valence-corrected chi connectivity index (χ4v) is 12.0. The van der Waals surface area contributed by atoms with Gasteiger partial charge in [-0.05, 0) is 12.8 Å². The number of carboxylic acids is 4. The molecule has 21 N–H and O–H groups in total. The van der Waals surface area contributed by atoms with Crippen LogP contribution in [-0.2, 0) is 66.0 Å². The minimum atomic E-state index is -5.18. The Hall–Kier alpha value is -6.51. The normalized spacial score (nSPS) is 24.9. The zero-order chi connectivity index (χ0) is 61.7. The van der Waals surface area contributed by atoms with Crippen molar-refractivity contribution in [2.24, 2.45) is 5.73 Å². The summed E-state index contributed by atoms with van der Waals surface area (Å²) < 4.78 is 48.4. The van der Waals surface area contributed by atoms with Crippen LogP contribution in [0.25, 0.3) is 0 Å². The molecule has 3 aliphatic rings. The lowest BCUT2D eigenvalue weighted by molar-refractivity contribution is -0.140. The van der Waals surface area contributed by atoms with Gasteiger partial charge in [0.2, 0.25) is 23.6 Å². The van der Waals surface area contributed by atoms with Crippen molar-refractivity contribution in [2.75, 3.05) is 43.1 Å². The summed E-state index contributed by atoms with van der Waals surface area (Å²) in [6.07, 6.45) is -15.9. The van der Waals surface area contributed by atoms with Crippen LogP contribution >= 0.6 is 37.1 Å². The summed E-state index contributed by atoms with van der Waals surface area (Å²) in [6, 6.07) is -7.30. The van der Waals surface area contributed by atoms with Gasteiger partial charge in [0.1, 0.15) is 86.0 Å². The number of hydrogen-bond donors (Lipinski definition) is 20. The van der Waals surface area contributed by atoms with Crippen molar-refractivity contribution < 1.29 is 121 Å². The zero-order valence-electron chi connectivity index (χ0n) is 42.2. The highest BCUT2D eigenvalue weighted by atomic mass is 33.1. The second kappa shape index (κ2) is 29.8. The predicted molar refractivity (Wildman–Crippen MR) is 271 cm³/mol. The van der Waals surface area contributed by atoms with E-state index in [-0.39, 0.29) is 11.5 Å². The van der Waals surface area contributed by atoms with E-state index in [0.29, 0.717) is 32.5 Å². The van der Waals surface area contributed by atoms with Gasteiger partial charge < -0.3 is 92.0 Å². The average Bonchev–Trinajstić information content (AvgIpc) is 3.91. The van der Waals surface area contributed by atoms with E-state index in [1.54, 1.807) is 10.1 Å². The molecular formula is C38H56N14O27P2S2. The molecule has 3 aliphatic heterocycles. The van der Waals surface area contributed by atoms with Crippen LogP contribution in [0.5, 0.6) is 0 Å². The number of imidazole rings is 1. The van der Waals surface area contributed by atoms with Crippen molar-refractivity contribution in [3.05, 3.63) is 39.3 Å². The number of carbonyl (C=O) groups is 9. The third-order valence-electron chi connectivity index (χ3n) is 11.6. The van der Waals surface area contributed by atoms with Gasteiger partial charge in [-0.1, -0.05) is 21.6 Å². The van der Waals surface area contributed by atoms with Gasteiger partial charge in [0.25, 0.3) is 5.91 Å². The summed E-state index contributed by atoms with van der Waals surface area (Å²) in [4.78, 5) is 164. The Balaban J connectivity index is 1.12. The third kappa shape index (κ3) is 19.5. The Bertz CT molecular complexity index is 2960. The second-order valence-corrected chi connectivity index (χ2v) is 23.4. The molecule has 462 valence electrons. The average molecular weight is 1270 g/mol. The van der Waals surface area contributed by atoms with Gasteiger partial charge in [-0.3, -0.25) is 72.1 Å². The smallest absolute Gasteiger partial charge is 0.403 e. The Labute approximate surface area is 470 Å². The molecule has 8 unspecified atom stereocenters. The van der Waals surface area contributed by atoms with Crippen LogP contribution in [0.4, 0.5) is 5.82 Å². The van der Waals surface area contributed by atoms with E-state index in [1.807, 2.05) is 15.7 Å². The maximum atomic E-state index is 13.1. The first-order valence-electron chi connectivity index (χ1n) is 23.7. The number of carbonyl (C=O) groups excluding carboxylic acids is 5. The van der Waals surface area contributed by atoms with Crippen LogP contribution in [0.15, 0.2) is 22.2 Å². The van der Waals surface area contributed by atoms with Crippen LogP contribution in [0.1, 0.15) is 48.6 Å². The van der Waals surface area contributed by atoms with Gasteiger partial charge in [0, 0.05) is 24.3 Å². The number of amides is 5.